The molecular weight excluding hydrogens is 302 g/mol. The summed E-state index contributed by atoms with van der Waals surface area (Å²) in [4.78, 5) is 14.4. The number of unbranched alkanes of at least 4 members (excludes halogenated alkanes) is 1. The molecule has 1 atom stereocenters. The van der Waals surface area contributed by atoms with Crippen molar-refractivity contribution in [1.29, 1.82) is 0 Å². The minimum absolute atomic E-state index is 0.274. The van der Waals surface area contributed by atoms with Gasteiger partial charge in [0.2, 0.25) is 5.91 Å². The zero-order chi connectivity index (χ0) is 13.7. The van der Waals surface area contributed by atoms with Crippen LogP contribution in [0.5, 0.6) is 0 Å². The maximum atomic E-state index is 12.3. The van der Waals surface area contributed by atoms with Crippen LogP contribution in [0.4, 0.5) is 0 Å². The second-order valence-corrected chi connectivity index (χ2v) is 6.17. The molecule has 1 aliphatic rings. The quantitative estimate of drug-likeness (QED) is 0.786. The van der Waals surface area contributed by atoms with Crippen molar-refractivity contribution in [2.24, 2.45) is 0 Å². The summed E-state index contributed by atoms with van der Waals surface area (Å²) in [5, 5.41) is 0. The van der Waals surface area contributed by atoms with E-state index >= 15 is 0 Å². The van der Waals surface area contributed by atoms with Crippen molar-refractivity contribution in [1.82, 2.24) is 4.90 Å². The molecule has 0 aromatic heterocycles. The minimum atomic E-state index is 0.274. The first-order chi connectivity index (χ1) is 9.22. The molecule has 0 bridgehead atoms. The molecule has 3 heteroatoms. The first-order valence-corrected chi connectivity index (χ1v) is 8.06. The van der Waals surface area contributed by atoms with Gasteiger partial charge in [-0.05, 0) is 43.4 Å². The molecule has 1 unspecified atom stereocenters. The van der Waals surface area contributed by atoms with E-state index in [-0.39, 0.29) is 6.04 Å². The molecule has 2 nitrogen and oxygen atoms in total. The monoisotopic (exact) mass is 323 g/mol. The SMILES string of the molecule is CCCCC(=O)N1CCCCC1c1cccc(Br)c1. The normalized spacial score (nSPS) is 19.5. The summed E-state index contributed by atoms with van der Waals surface area (Å²) in [7, 11) is 0. The number of rotatable bonds is 4. The molecule has 1 aliphatic heterocycles. The Morgan fingerprint density at radius 2 is 2.26 bits per heavy atom. The predicted octanol–water partition coefficient (Wildman–Crippen LogP) is 4.69. The van der Waals surface area contributed by atoms with Gasteiger partial charge in [-0.1, -0.05) is 41.4 Å². The molecule has 0 spiro atoms. The number of nitrogens with zero attached hydrogens (tertiary/aromatic N) is 1. The van der Waals surface area contributed by atoms with E-state index in [4.69, 9.17) is 0 Å². The Hall–Kier alpha value is -0.830. The van der Waals surface area contributed by atoms with Crippen molar-refractivity contribution in [2.75, 3.05) is 6.54 Å². The highest BCUT2D eigenvalue weighted by Gasteiger charge is 2.27. The minimum Gasteiger partial charge on any atom is -0.336 e. The van der Waals surface area contributed by atoms with Gasteiger partial charge in [-0.25, -0.2) is 0 Å². The van der Waals surface area contributed by atoms with E-state index in [2.05, 4.69) is 46.0 Å². The summed E-state index contributed by atoms with van der Waals surface area (Å²) in [6.45, 7) is 3.05. The van der Waals surface area contributed by atoms with Gasteiger partial charge in [-0.3, -0.25) is 4.79 Å². The average molecular weight is 324 g/mol. The van der Waals surface area contributed by atoms with E-state index in [1.54, 1.807) is 0 Å². The van der Waals surface area contributed by atoms with Crippen LogP contribution in [-0.2, 0) is 4.79 Å². The highest BCUT2D eigenvalue weighted by molar-refractivity contribution is 9.10. The standard InChI is InChI=1S/C16H22BrNO/c1-2-3-10-16(19)18-11-5-4-9-15(18)13-7-6-8-14(17)12-13/h6-8,12,15H,2-5,9-11H2,1H3. The average Bonchev–Trinajstić information content (AvgIpc) is 2.45. The Kier molecular flexibility index (Phi) is 5.44. The smallest absolute Gasteiger partial charge is 0.223 e. The van der Waals surface area contributed by atoms with Gasteiger partial charge in [0.25, 0.3) is 0 Å². The lowest BCUT2D eigenvalue weighted by Crippen LogP contribution is -2.38. The largest absolute Gasteiger partial charge is 0.336 e. The topological polar surface area (TPSA) is 20.3 Å². The molecule has 0 aliphatic carbocycles. The summed E-state index contributed by atoms with van der Waals surface area (Å²) >= 11 is 3.52. The Labute approximate surface area is 124 Å². The van der Waals surface area contributed by atoms with Crippen molar-refractivity contribution >= 4 is 21.8 Å². The van der Waals surface area contributed by atoms with Crippen LogP contribution < -0.4 is 0 Å². The number of likely N-dealkylation sites (tertiary alicyclic amines) is 1. The van der Waals surface area contributed by atoms with Crippen LogP contribution in [0.15, 0.2) is 28.7 Å². The molecule has 2 rings (SSSR count). The van der Waals surface area contributed by atoms with Gasteiger partial charge in [0.15, 0.2) is 0 Å². The Balaban J connectivity index is 2.13. The molecule has 1 aromatic rings. The van der Waals surface area contributed by atoms with Crippen LogP contribution in [0.1, 0.15) is 57.1 Å². The highest BCUT2D eigenvalue weighted by Crippen LogP contribution is 2.32. The number of halogens is 1. The molecular formula is C16H22BrNO. The van der Waals surface area contributed by atoms with Crippen molar-refractivity contribution < 1.29 is 4.79 Å². The first-order valence-electron chi connectivity index (χ1n) is 7.27. The van der Waals surface area contributed by atoms with Crippen LogP contribution in [-0.4, -0.2) is 17.4 Å². The van der Waals surface area contributed by atoms with Crippen LogP contribution in [0.2, 0.25) is 0 Å². The van der Waals surface area contributed by atoms with Gasteiger partial charge in [0.1, 0.15) is 0 Å². The fourth-order valence-electron chi connectivity index (χ4n) is 2.76. The summed E-state index contributed by atoms with van der Waals surface area (Å²) in [6.07, 6.45) is 6.23. The van der Waals surface area contributed by atoms with Crippen LogP contribution in [0.25, 0.3) is 0 Å². The second-order valence-electron chi connectivity index (χ2n) is 5.26. The Morgan fingerprint density at radius 3 is 3.00 bits per heavy atom. The molecule has 1 heterocycles. The molecule has 19 heavy (non-hydrogen) atoms. The zero-order valence-electron chi connectivity index (χ0n) is 11.6. The molecule has 1 fully saturated rings. The van der Waals surface area contributed by atoms with E-state index in [0.29, 0.717) is 12.3 Å². The van der Waals surface area contributed by atoms with Crippen molar-refractivity contribution in [3.05, 3.63) is 34.3 Å². The van der Waals surface area contributed by atoms with E-state index < -0.39 is 0 Å². The van der Waals surface area contributed by atoms with Gasteiger partial charge < -0.3 is 4.90 Å². The van der Waals surface area contributed by atoms with E-state index in [9.17, 15) is 4.79 Å². The summed E-state index contributed by atoms with van der Waals surface area (Å²) in [6, 6.07) is 8.66. The lowest BCUT2D eigenvalue weighted by Gasteiger charge is -2.36. The first kappa shape index (κ1) is 14.6. The summed E-state index contributed by atoms with van der Waals surface area (Å²) in [5.41, 5.74) is 1.26. The van der Waals surface area contributed by atoms with Gasteiger partial charge in [-0.2, -0.15) is 0 Å². The number of piperidine rings is 1. The zero-order valence-corrected chi connectivity index (χ0v) is 13.2. The number of benzene rings is 1. The van der Waals surface area contributed by atoms with Gasteiger partial charge in [0.05, 0.1) is 6.04 Å². The molecule has 1 aromatic carbocycles. The van der Waals surface area contributed by atoms with Gasteiger partial charge >= 0.3 is 0 Å². The van der Waals surface area contributed by atoms with Gasteiger partial charge in [-0.15, -0.1) is 0 Å². The van der Waals surface area contributed by atoms with Crippen LogP contribution >= 0.6 is 15.9 Å². The third-order valence-electron chi connectivity index (χ3n) is 3.80. The summed E-state index contributed by atoms with van der Waals surface area (Å²) < 4.78 is 1.09. The van der Waals surface area contributed by atoms with E-state index in [1.165, 1.54) is 12.0 Å². The fourth-order valence-corrected chi connectivity index (χ4v) is 3.18. The molecule has 0 radical (unpaired) electrons. The van der Waals surface area contributed by atoms with Crippen molar-refractivity contribution in [2.45, 2.75) is 51.5 Å². The van der Waals surface area contributed by atoms with Crippen LogP contribution in [0.3, 0.4) is 0 Å². The number of hydrogen-bond donors (Lipinski definition) is 0. The van der Waals surface area contributed by atoms with Gasteiger partial charge in [0, 0.05) is 17.4 Å². The maximum Gasteiger partial charge on any atom is 0.223 e. The van der Waals surface area contributed by atoms with E-state index in [1.807, 2.05) is 6.07 Å². The fraction of sp³-hybridized carbons (Fsp3) is 0.562. The van der Waals surface area contributed by atoms with Crippen molar-refractivity contribution in [3.63, 3.8) is 0 Å². The Morgan fingerprint density at radius 1 is 1.42 bits per heavy atom. The lowest BCUT2D eigenvalue weighted by atomic mass is 9.95. The molecule has 1 saturated heterocycles. The lowest BCUT2D eigenvalue weighted by molar-refractivity contribution is -0.135. The maximum absolute atomic E-state index is 12.3. The molecule has 0 saturated carbocycles. The number of amides is 1. The molecule has 1 amide bonds. The third-order valence-corrected chi connectivity index (χ3v) is 4.29. The second kappa shape index (κ2) is 7.09. The van der Waals surface area contributed by atoms with Crippen LogP contribution in [0, 0.1) is 0 Å². The Bertz CT molecular complexity index is 433. The summed E-state index contributed by atoms with van der Waals surface area (Å²) in [5.74, 6) is 0.325. The number of carbonyl (C=O) groups is 1. The van der Waals surface area contributed by atoms with Crippen molar-refractivity contribution in [3.8, 4) is 0 Å². The molecule has 0 N–H and O–H groups in total. The third kappa shape index (κ3) is 3.82. The number of hydrogen-bond acceptors (Lipinski definition) is 1. The molecule has 104 valence electrons. The predicted molar refractivity (Wildman–Crippen MR) is 82.0 cm³/mol. The highest BCUT2D eigenvalue weighted by atomic mass is 79.9. The number of carbonyl (C=O) groups excluding carboxylic acids is 1. The van der Waals surface area contributed by atoms with E-state index in [0.717, 1.165) is 36.7 Å².